The first-order chi connectivity index (χ1) is 15.7. The van der Waals surface area contributed by atoms with E-state index in [1.54, 1.807) is 13.3 Å². The average Bonchev–Trinajstić information content (AvgIpc) is 3.31. The van der Waals surface area contributed by atoms with Gasteiger partial charge in [-0.15, -0.1) is 24.0 Å². The number of hydrogen-bond acceptors (Lipinski definition) is 5. The predicted molar refractivity (Wildman–Crippen MR) is 144 cm³/mol. The summed E-state index contributed by atoms with van der Waals surface area (Å²) < 4.78 is 5.60. The second-order valence-electron chi connectivity index (χ2n) is 8.19. The summed E-state index contributed by atoms with van der Waals surface area (Å²) in [6.45, 7) is 6.85. The van der Waals surface area contributed by atoms with Gasteiger partial charge < -0.3 is 20.0 Å². The number of guanidine groups is 1. The van der Waals surface area contributed by atoms with Gasteiger partial charge in [0.1, 0.15) is 6.26 Å². The van der Waals surface area contributed by atoms with Crippen molar-refractivity contribution in [2.45, 2.75) is 19.6 Å². The maximum atomic E-state index is 5.60. The predicted octanol–water partition coefficient (Wildman–Crippen LogP) is 3.57. The number of nitrogens with one attached hydrogen (secondary N) is 2. The van der Waals surface area contributed by atoms with Crippen LogP contribution in [0.1, 0.15) is 16.8 Å². The zero-order chi connectivity index (χ0) is 22.2. The van der Waals surface area contributed by atoms with Gasteiger partial charge in [0.2, 0.25) is 5.89 Å². The molecule has 1 aliphatic heterocycles. The minimum Gasteiger partial charge on any atom is -0.444 e. The van der Waals surface area contributed by atoms with Crippen LogP contribution in [0.5, 0.6) is 0 Å². The standard InChI is InChI=1S/C25H32N6O.HI/c1-26-25(28-17-23-19-32-24(29-23)22-6-4-3-5-7-22)27-16-20-8-10-21(11-9-20)18-31-14-12-30(2)13-15-31;/h3-11,19H,12-18H2,1-2H3,(H2,26,27,28);1H. The number of benzene rings is 2. The second kappa shape index (κ2) is 12.7. The number of halogens is 1. The van der Waals surface area contributed by atoms with Crippen LogP contribution in [-0.4, -0.2) is 61.0 Å². The number of nitrogens with zero attached hydrogens (tertiary/aromatic N) is 4. The molecule has 1 aliphatic rings. The molecule has 0 saturated carbocycles. The monoisotopic (exact) mass is 560 g/mol. The van der Waals surface area contributed by atoms with Crippen molar-refractivity contribution < 1.29 is 4.42 Å². The first-order valence-electron chi connectivity index (χ1n) is 11.1. The lowest BCUT2D eigenvalue weighted by atomic mass is 10.1. The molecule has 2 heterocycles. The quantitative estimate of drug-likeness (QED) is 0.262. The molecular weight excluding hydrogens is 527 g/mol. The lowest BCUT2D eigenvalue weighted by molar-refractivity contribution is 0.148. The average molecular weight is 560 g/mol. The molecule has 7 nitrogen and oxygen atoms in total. The van der Waals surface area contributed by atoms with Gasteiger partial charge in [0.25, 0.3) is 0 Å². The number of rotatable bonds is 7. The zero-order valence-electron chi connectivity index (χ0n) is 19.3. The van der Waals surface area contributed by atoms with Crippen molar-refractivity contribution in [3.8, 4) is 11.5 Å². The molecule has 1 saturated heterocycles. The summed E-state index contributed by atoms with van der Waals surface area (Å²) in [7, 11) is 3.96. The van der Waals surface area contributed by atoms with Gasteiger partial charge in [-0.25, -0.2) is 4.98 Å². The molecule has 2 aromatic carbocycles. The van der Waals surface area contributed by atoms with Crippen molar-refractivity contribution >= 4 is 29.9 Å². The van der Waals surface area contributed by atoms with Crippen LogP contribution < -0.4 is 10.6 Å². The van der Waals surface area contributed by atoms with E-state index in [1.807, 2.05) is 30.3 Å². The topological polar surface area (TPSA) is 68.9 Å². The summed E-state index contributed by atoms with van der Waals surface area (Å²) in [5.41, 5.74) is 4.39. The minimum absolute atomic E-state index is 0. The maximum Gasteiger partial charge on any atom is 0.226 e. The Morgan fingerprint density at radius 2 is 1.61 bits per heavy atom. The molecule has 0 aliphatic carbocycles. The molecule has 0 amide bonds. The van der Waals surface area contributed by atoms with Crippen molar-refractivity contribution in [1.29, 1.82) is 0 Å². The van der Waals surface area contributed by atoms with Crippen molar-refractivity contribution in [3.05, 3.63) is 77.7 Å². The summed E-state index contributed by atoms with van der Waals surface area (Å²) in [4.78, 5) is 13.8. The minimum atomic E-state index is 0. The Morgan fingerprint density at radius 1 is 0.939 bits per heavy atom. The normalized spacial score (nSPS) is 15.2. The van der Waals surface area contributed by atoms with E-state index < -0.39 is 0 Å². The first-order valence-corrected chi connectivity index (χ1v) is 11.1. The van der Waals surface area contributed by atoms with E-state index in [-0.39, 0.29) is 24.0 Å². The van der Waals surface area contributed by atoms with Gasteiger partial charge in [-0.05, 0) is 30.3 Å². The van der Waals surface area contributed by atoms with Crippen molar-refractivity contribution in [3.63, 3.8) is 0 Å². The fourth-order valence-electron chi connectivity index (χ4n) is 3.71. The molecule has 1 aromatic heterocycles. The molecule has 2 N–H and O–H groups in total. The van der Waals surface area contributed by atoms with Crippen molar-refractivity contribution in [1.82, 2.24) is 25.4 Å². The molecule has 0 atom stereocenters. The van der Waals surface area contributed by atoms with Crippen molar-refractivity contribution in [2.24, 2.45) is 4.99 Å². The molecule has 176 valence electrons. The van der Waals surface area contributed by atoms with E-state index in [4.69, 9.17) is 4.42 Å². The van der Waals surface area contributed by atoms with Gasteiger partial charge >= 0.3 is 0 Å². The van der Waals surface area contributed by atoms with Crippen LogP contribution in [0.4, 0.5) is 0 Å². The highest BCUT2D eigenvalue weighted by Gasteiger charge is 2.13. The molecule has 0 spiro atoms. The summed E-state index contributed by atoms with van der Waals surface area (Å²) in [6, 6.07) is 18.7. The Kier molecular flexibility index (Phi) is 9.71. The van der Waals surface area contributed by atoms with E-state index in [2.05, 4.69) is 61.7 Å². The summed E-state index contributed by atoms with van der Waals surface area (Å²) >= 11 is 0. The van der Waals surface area contributed by atoms with Crippen LogP contribution in [0.2, 0.25) is 0 Å². The third-order valence-corrected chi connectivity index (χ3v) is 5.72. The van der Waals surface area contributed by atoms with Crippen molar-refractivity contribution in [2.75, 3.05) is 40.3 Å². The zero-order valence-corrected chi connectivity index (χ0v) is 21.7. The van der Waals surface area contributed by atoms with Gasteiger partial charge in [-0.3, -0.25) is 9.89 Å². The SMILES string of the molecule is CN=C(NCc1ccc(CN2CCN(C)CC2)cc1)NCc1coc(-c2ccccc2)n1.I. The van der Waals surface area contributed by atoms with E-state index >= 15 is 0 Å². The Labute approximate surface area is 213 Å². The Morgan fingerprint density at radius 3 is 2.30 bits per heavy atom. The molecule has 3 aromatic rings. The highest BCUT2D eigenvalue weighted by Crippen LogP contribution is 2.17. The molecule has 0 unspecified atom stereocenters. The number of likely N-dealkylation sites (N-methyl/N-ethyl adjacent to an activating group) is 1. The van der Waals surface area contributed by atoms with Crippen LogP contribution in [-0.2, 0) is 19.6 Å². The number of hydrogen-bond donors (Lipinski definition) is 2. The lowest BCUT2D eigenvalue weighted by Gasteiger charge is -2.32. The van der Waals surface area contributed by atoms with Crippen LogP contribution in [0.25, 0.3) is 11.5 Å². The van der Waals surface area contributed by atoms with Crippen LogP contribution >= 0.6 is 24.0 Å². The second-order valence-corrected chi connectivity index (χ2v) is 8.19. The summed E-state index contributed by atoms with van der Waals surface area (Å²) in [5, 5.41) is 6.66. The highest BCUT2D eigenvalue weighted by molar-refractivity contribution is 14.0. The third kappa shape index (κ3) is 7.55. The molecule has 0 bridgehead atoms. The van der Waals surface area contributed by atoms with Gasteiger partial charge in [-0.2, -0.15) is 0 Å². The maximum absolute atomic E-state index is 5.60. The van der Waals surface area contributed by atoms with E-state index in [9.17, 15) is 0 Å². The largest absolute Gasteiger partial charge is 0.444 e. The molecule has 8 heteroatoms. The number of aromatic nitrogens is 1. The molecular formula is C25H33IN6O. The van der Waals surface area contributed by atoms with Crippen LogP contribution in [0.15, 0.2) is 70.3 Å². The first kappa shape index (κ1) is 25.2. The Bertz CT molecular complexity index is 997. The molecule has 4 rings (SSSR count). The lowest BCUT2D eigenvalue weighted by Crippen LogP contribution is -2.43. The van der Waals surface area contributed by atoms with E-state index in [1.165, 1.54) is 11.1 Å². The number of aliphatic imine (C=N–C) groups is 1. The highest BCUT2D eigenvalue weighted by atomic mass is 127. The van der Waals surface area contributed by atoms with Crippen LogP contribution in [0, 0.1) is 0 Å². The van der Waals surface area contributed by atoms with E-state index in [0.29, 0.717) is 19.0 Å². The molecule has 0 radical (unpaired) electrons. The van der Waals surface area contributed by atoms with Gasteiger partial charge in [0.05, 0.1) is 12.2 Å². The smallest absolute Gasteiger partial charge is 0.226 e. The van der Waals surface area contributed by atoms with Gasteiger partial charge in [0, 0.05) is 51.9 Å². The fraction of sp³-hybridized carbons (Fsp3) is 0.360. The molecule has 33 heavy (non-hydrogen) atoms. The number of piperazine rings is 1. The van der Waals surface area contributed by atoms with Gasteiger partial charge in [-0.1, -0.05) is 42.5 Å². The Hall–Kier alpha value is -2.43. The van der Waals surface area contributed by atoms with E-state index in [0.717, 1.165) is 49.9 Å². The third-order valence-electron chi connectivity index (χ3n) is 5.72. The summed E-state index contributed by atoms with van der Waals surface area (Å²) in [6.07, 6.45) is 1.68. The van der Waals surface area contributed by atoms with Gasteiger partial charge in [0.15, 0.2) is 5.96 Å². The summed E-state index contributed by atoms with van der Waals surface area (Å²) in [5.74, 6) is 1.36. The molecule has 1 fully saturated rings. The fourth-order valence-corrected chi connectivity index (χ4v) is 3.71. The number of oxazole rings is 1. The Balaban J connectivity index is 0.00000306. The van der Waals surface area contributed by atoms with Crippen LogP contribution in [0.3, 0.4) is 0 Å².